The van der Waals surface area contributed by atoms with Crippen molar-refractivity contribution >= 4 is 46.4 Å². The van der Waals surface area contributed by atoms with Crippen LogP contribution in [0, 0.1) is 0 Å². The molecule has 2 aromatic carbocycles. The Hall–Kier alpha value is -2.83. The molecular weight excluding hydrogens is 425 g/mol. The normalized spacial score (nSPS) is 13.7. The van der Waals surface area contributed by atoms with Crippen molar-refractivity contribution in [2.45, 2.75) is 25.7 Å². The standard InChI is InChI=1S/C22H19Cl2N3O3/c23-14-6-7-17(18(24)11-14)19-13-25-21(30-19)9-8-20(28)26-15-3-1-4-16(12-15)27-10-2-5-22(27)29/h1,3-4,6-7,11-13H,2,5,8-10H2,(H,26,28). The highest BCUT2D eigenvalue weighted by atomic mass is 35.5. The van der Waals surface area contributed by atoms with Crippen LogP contribution in [0.5, 0.6) is 0 Å². The zero-order valence-electron chi connectivity index (χ0n) is 16.0. The SMILES string of the molecule is O=C(CCc1ncc(-c2ccc(Cl)cc2Cl)o1)Nc1cccc(N2CCCC2=O)c1. The third-order valence-electron chi connectivity index (χ3n) is 4.83. The number of amides is 2. The van der Waals surface area contributed by atoms with Gasteiger partial charge in [0.15, 0.2) is 11.7 Å². The third-order valence-corrected chi connectivity index (χ3v) is 5.38. The van der Waals surface area contributed by atoms with Crippen molar-refractivity contribution in [3.8, 4) is 11.3 Å². The fourth-order valence-electron chi connectivity index (χ4n) is 3.36. The predicted molar refractivity (Wildman–Crippen MR) is 117 cm³/mol. The van der Waals surface area contributed by atoms with Crippen LogP contribution in [0.1, 0.15) is 25.2 Å². The molecule has 8 heteroatoms. The second-order valence-electron chi connectivity index (χ2n) is 6.99. The van der Waals surface area contributed by atoms with Crippen LogP contribution in [0.2, 0.25) is 10.0 Å². The molecule has 2 amide bonds. The summed E-state index contributed by atoms with van der Waals surface area (Å²) >= 11 is 12.1. The molecule has 0 saturated carbocycles. The van der Waals surface area contributed by atoms with Gasteiger partial charge in [-0.3, -0.25) is 9.59 Å². The summed E-state index contributed by atoms with van der Waals surface area (Å²) in [5, 5.41) is 3.87. The molecule has 0 radical (unpaired) electrons. The summed E-state index contributed by atoms with van der Waals surface area (Å²) in [6, 6.07) is 12.4. The number of nitrogens with zero attached hydrogens (tertiary/aromatic N) is 2. The summed E-state index contributed by atoms with van der Waals surface area (Å²) in [5.41, 5.74) is 2.14. The molecule has 1 N–H and O–H groups in total. The molecule has 1 aromatic heterocycles. The molecule has 0 bridgehead atoms. The summed E-state index contributed by atoms with van der Waals surface area (Å²) in [6.45, 7) is 0.709. The first-order valence-electron chi connectivity index (χ1n) is 9.60. The van der Waals surface area contributed by atoms with Crippen molar-refractivity contribution in [1.82, 2.24) is 4.98 Å². The number of halogens is 2. The van der Waals surface area contributed by atoms with Crippen LogP contribution in [-0.2, 0) is 16.0 Å². The van der Waals surface area contributed by atoms with Gasteiger partial charge < -0.3 is 14.6 Å². The zero-order valence-corrected chi connectivity index (χ0v) is 17.5. The Bertz CT molecular complexity index is 1100. The quantitative estimate of drug-likeness (QED) is 0.557. The molecule has 0 unspecified atom stereocenters. The second-order valence-corrected chi connectivity index (χ2v) is 7.83. The first-order chi connectivity index (χ1) is 14.5. The number of carbonyl (C=O) groups excluding carboxylic acids is 2. The van der Waals surface area contributed by atoms with E-state index in [0.717, 1.165) is 12.1 Å². The number of oxazole rings is 1. The summed E-state index contributed by atoms with van der Waals surface area (Å²) in [4.78, 5) is 30.2. The molecular formula is C22H19Cl2N3O3. The number of nitrogens with one attached hydrogen (secondary N) is 1. The van der Waals surface area contributed by atoms with Crippen molar-refractivity contribution in [1.29, 1.82) is 0 Å². The molecule has 0 atom stereocenters. The van der Waals surface area contributed by atoms with Crippen LogP contribution < -0.4 is 10.2 Å². The van der Waals surface area contributed by atoms with Gasteiger partial charge in [0.1, 0.15) is 0 Å². The predicted octanol–water partition coefficient (Wildman–Crippen LogP) is 5.35. The van der Waals surface area contributed by atoms with Gasteiger partial charge in [0.05, 0.1) is 11.2 Å². The number of anilines is 2. The minimum absolute atomic E-state index is 0.110. The number of rotatable bonds is 6. The third kappa shape index (κ3) is 4.66. The Morgan fingerprint density at radius 2 is 2.07 bits per heavy atom. The van der Waals surface area contributed by atoms with Crippen LogP contribution >= 0.6 is 23.2 Å². The van der Waals surface area contributed by atoms with Crippen LogP contribution in [0.15, 0.2) is 53.1 Å². The maximum atomic E-state index is 12.4. The molecule has 4 rings (SSSR count). The van der Waals surface area contributed by atoms with E-state index in [1.165, 1.54) is 0 Å². The van der Waals surface area contributed by atoms with Gasteiger partial charge in [0.25, 0.3) is 0 Å². The molecule has 30 heavy (non-hydrogen) atoms. The maximum absolute atomic E-state index is 12.4. The van der Waals surface area contributed by atoms with Gasteiger partial charge in [-0.1, -0.05) is 29.3 Å². The molecule has 6 nitrogen and oxygen atoms in total. The van der Waals surface area contributed by atoms with Gasteiger partial charge in [-0.15, -0.1) is 0 Å². The number of aryl methyl sites for hydroxylation is 1. The Morgan fingerprint density at radius 3 is 2.83 bits per heavy atom. The Kier molecular flexibility index (Phi) is 6.06. The smallest absolute Gasteiger partial charge is 0.227 e. The summed E-state index contributed by atoms with van der Waals surface area (Å²) in [6.07, 6.45) is 3.56. The van der Waals surface area contributed by atoms with E-state index < -0.39 is 0 Å². The van der Waals surface area contributed by atoms with Crippen LogP contribution in [0.3, 0.4) is 0 Å². The average Bonchev–Trinajstić information content (AvgIpc) is 3.35. The van der Waals surface area contributed by atoms with Crippen LogP contribution in [-0.4, -0.2) is 23.3 Å². The van der Waals surface area contributed by atoms with Crippen molar-refractivity contribution in [2.75, 3.05) is 16.8 Å². The van der Waals surface area contributed by atoms with Crippen molar-refractivity contribution in [3.05, 3.63) is 64.6 Å². The van der Waals surface area contributed by atoms with Crippen LogP contribution in [0.25, 0.3) is 11.3 Å². The van der Waals surface area contributed by atoms with E-state index in [0.29, 0.717) is 52.3 Å². The molecule has 2 heterocycles. The van der Waals surface area contributed by atoms with Gasteiger partial charge in [-0.05, 0) is 42.8 Å². The highest BCUT2D eigenvalue weighted by Gasteiger charge is 2.21. The van der Waals surface area contributed by atoms with E-state index in [1.54, 1.807) is 35.4 Å². The van der Waals surface area contributed by atoms with Gasteiger partial charge in [-0.2, -0.15) is 0 Å². The zero-order chi connectivity index (χ0) is 21.1. The first-order valence-corrected chi connectivity index (χ1v) is 10.4. The molecule has 1 aliphatic rings. The second kappa shape index (κ2) is 8.90. The number of benzene rings is 2. The van der Waals surface area contributed by atoms with Crippen molar-refractivity contribution < 1.29 is 14.0 Å². The summed E-state index contributed by atoms with van der Waals surface area (Å²) < 4.78 is 5.73. The molecule has 0 spiro atoms. The maximum Gasteiger partial charge on any atom is 0.227 e. The summed E-state index contributed by atoms with van der Waals surface area (Å²) in [5.74, 6) is 0.917. The first kappa shape index (κ1) is 20.4. The minimum atomic E-state index is -0.163. The monoisotopic (exact) mass is 443 g/mol. The Balaban J connectivity index is 1.35. The van der Waals surface area contributed by atoms with E-state index in [9.17, 15) is 9.59 Å². The van der Waals surface area contributed by atoms with E-state index in [-0.39, 0.29) is 18.2 Å². The highest BCUT2D eigenvalue weighted by Crippen LogP contribution is 2.31. The molecule has 3 aromatic rings. The highest BCUT2D eigenvalue weighted by molar-refractivity contribution is 6.36. The lowest BCUT2D eigenvalue weighted by Crippen LogP contribution is -2.23. The fraction of sp³-hybridized carbons (Fsp3) is 0.227. The average molecular weight is 444 g/mol. The van der Waals surface area contributed by atoms with E-state index in [2.05, 4.69) is 10.3 Å². The van der Waals surface area contributed by atoms with Gasteiger partial charge >= 0.3 is 0 Å². The van der Waals surface area contributed by atoms with Crippen molar-refractivity contribution in [2.24, 2.45) is 0 Å². The number of carbonyl (C=O) groups is 2. The number of hydrogen-bond acceptors (Lipinski definition) is 4. The lowest BCUT2D eigenvalue weighted by Gasteiger charge is -2.16. The number of hydrogen-bond donors (Lipinski definition) is 1. The van der Waals surface area contributed by atoms with Crippen LogP contribution in [0.4, 0.5) is 11.4 Å². The molecule has 1 saturated heterocycles. The van der Waals surface area contributed by atoms with Crippen molar-refractivity contribution in [3.63, 3.8) is 0 Å². The largest absolute Gasteiger partial charge is 0.441 e. The van der Waals surface area contributed by atoms with E-state index in [1.807, 2.05) is 18.2 Å². The van der Waals surface area contributed by atoms with Gasteiger partial charge in [-0.25, -0.2) is 4.98 Å². The lowest BCUT2D eigenvalue weighted by molar-refractivity contribution is -0.117. The summed E-state index contributed by atoms with van der Waals surface area (Å²) in [7, 11) is 0. The van der Waals surface area contributed by atoms with E-state index >= 15 is 0 Å². The Morgan fingerprint density at radius 1 is 1.20 bits per heavy atom. The van der Waals surface area contributed by atoms with E-state index in [4.69, 9.17) is 27.6 Å². The topological polar surface area (TPSA) is 75.4 Å². The molecule has 1 aliphatic heterocycles. The fourth-order valence-corrected chi connectivity index (χ4v) is 3.86. The van der Waals surface area contributed by atoms with Gasteiger partial charge in [0.2, 0.25) is 11.8 Å². The molecule has 0 aliphatic carbocycles. The molecule has 154 valence electrons. The molecule has 1 fully saturated rings. The lowest BCUT2D eigenvalue weighted by atomic mass is 10.2. The van der Waals surface area contributed by atoms with Gasteiger partial charge in [0, 0.05) is 47.8 Å². The Labute approximate surface area is 183 Å². The minimum Gasteiger partial charge on any atom is -0.441 e. The number of aromatic nitrogens is 1.